The lowest BCUT2D eigenvalue weighted by Gasteiger charge is -2.30. The Balaban J connectivity index is 2.33. The summed E-state index contributed by atoms with van der Waals surface area (Å²) in [7, 11) is 0. The minimum absolute atomic E-state index is 0.176. The molecule has 3 nitrogen and oxygen atoms in total. The molecule has 0 bridgehead atoms. The normalized spacial score (nSPS) is 25.4. The molecule has 1 aromatic rings. The van der Waals surface area contributed by atoms with Crippen LogP contribution in [0, 0.1) is 5.92 Å². The van der Waals surface area contributed by atoms with Gasteiger partial charge in [0.2, 0.25) is 0 Å². The maximum Gasteiger partial charge on any atom is 0.0807 e. The average Bonchev–Trinajstić information content (AvgIpc) is 2.78. The molecule has 0 aliphatic carbocycles. The molecular weight excluding hydrogens is 226 g/mol. The summed E-state index contributed by atoms with van der Waals surface area (Å²) in [5.74, 6) is 0.502. The van der Waals surface area contributed by atoms with Crippen molar-refractivity contribution < 1.29 is 10.2 Å². The van der Waals surface area contributed by atoms with E-state index < -0.39 is 6.10 Å². The molecule has 0 amide bonds. The van der Waals surface area contributed by atoms with Gasteiger partial charge >= 0.3 is 0 Å². The number of aliphatic hydroxyl groups is 2. The number of rotatable bonds is 4. The first kappa shape index (κ1) is 13.4. The van der Waals surface area contributed by atoms with Crippen LogP contribution in [-0.4, -0.2) is 29.4 Å². The molecule has 0 saturated carbocycles. The Morgan fingerprint density at radius 2 is 2.11 bits per heavy atom. The zero-order chi connectivity index (χ0) is 13.1. The Morgan fingerprint density at radius 1 is 1.39 bits per heavy atom. The van der Waals surface area contributed by atoms with Gasteiger partial charge in [-0.15, -0.1) is 0 Å². The molecule has 2 N–H and O–H groups in total. The molecule has 1 saturated heterocycles. The summed E-state index contributed by atoms with van der Waals surface area (Å²) in [5, 5.41) is 19.7. The third kappa shape index (κ3) is 2.38. The van der Waals surface area contributed by atoms with Gasteiger partial charge in [0.15, 0.2) is 0 Å². The number of hydrogen-bond acceptors (Lipinski definition) is 3. The topological polar surface area (TPSA) is 43.7 Å². The smallest absolute Gasteiger partial charge is 0.0807 e. The first-order valence-corrected chi connectivity index (χ1v) is 6.83. The summed E-state index contributed by atoms with van der Waals surface area (Å²) in [6.07, 6.45) is 1.39. The van der Waals surface area contributed by atoms with Crippen molar-refractivity contribution in [2.24, 2.45) is 5.92 Å². The van der Waals surface area contributed by atoms with Gasteiger partial charge in [0.1, 0.15) is 0 Å². The standard InChI is InChI=1S/C15H23NO2/c1-3-15(18)12-6-4-5-7-13(12)16-9-8-11(2)14(16)10-17/h4-7,11,14-15,17-18H,3,8-10H2,1-2H3/t11?,14?,15-/m1/s1. The molecule has 3 heteroatoms. The molecule has 1 aliphatic heterocycles. The second kappa shape index (κ2) is 5.72. The molecule has 1 aromatic carbocycles. The van der Waals surface area contributed by atoms with Gasteiger partial charge in [-0.05, 0) is 24.8 Å². The third-order valence-corrected chi connectivity index (χ3v) is 4.06. The minimum atomic E-state index is -0.420. The van der Waals surface area contributed by atoms with Crippen LogP contribution in [0.25, 0.3) is 0 Å². The summed E-state index contributed by atoms with van der Waals surface area (Å²) in [6, 6.07) is 8.18. The summed E-state index contributed by atoms with van der Waals surface area (Å²) in [6.45, 7) is 5.30. The van der Waals surface area contributed by atoms with Crippen LogP contribution in [0.4, 0.5) is 5.69 Å². The molecule has 1 aliphatic rings. The van der Waals surface area contributed by atoms with Crippen molar-refractivity contribution >= 4 is 5.69 Å². The second-order valence-corrected chi connectivity index (χ2v) is 5.19. The van der Waals surface area contributed by atoms with E-state index in [0.717, 1.165) is 24.2 Å². The lowest BCUT2D eigenvalue weighted by molar-refractivity contribution is 0.173. The Kier molecular flexibility index (Phi) is 4.25. The lowest BCUT2D eigenvalue weighted by atomic mass is 10.0. The van der Waals surface area contributed by atoms with E-state index in [2.05, 4.69) is 17.9 Å². The summed E-state index contributed by atoms with van der Waals surface area (Å²) < 4.78 is 0. The van der Waals surface area contributed by atoms with Crippen LogP contribution in [0.1, 0.15) is 38.4 Å². The largest absolute Gasteiger partial charge is 0.394 e. The quantitative estimate of drug-likeness (QED) is 0.861. The van der Waals surface area contributed by atoms with Gasteiger partial charge in [0.25, 0.3) is 0 Å². The third-order valence-electron chi connectivity index (χ3n) is 4.06. The summed E-state index contributed by atoms with van der Waals surface area (Å²) in [4.78, 5) is 2.25. The van der Waals surface area contributed by atoms with E-state index in [1.54, 1.807) is 0 Å². The van der Waals surface area contributed by atoms with Crippen LogP contribution in [0.3, 0.4) is 0 Å². The predicted molar refractivity (Wildman–Crippen MR) is 73.7 cm³/mol. The number of para-hydroxylation sites is 1. The van der Waals surface area contributed by atoms with Gasteiger partial charge in [0.05, 0.1) is 18.8 Å². The van der Waals surface area contributed by atoms with Gasteiger partial charge in [-0.3, -0.25) is 0 Å². The van der Waals surface area contributed by atoms with Crippen LogP contribution in [-0.2, 0) is 0 Å². The van der Waals surface area contributed by atoms with E-state index in [1.165, 1.54) is 0 Å². The van der Waals surface area contributed by atoms with E-state index in [4.69, 9.17) is 0 Å². The van der Waals surface area contributed by atoms with Crippen molar-refractivity contribution in [2.75, 3.05) is 18.1 Å². The highest BCUT2D eigenvalue weighted by Crippen LogP contribution is 2.34. The molecule has 100 valence electrons. The zero-order valence-electron chi connectivity index (χ0n) is 11.2. The van der Waals surface area contributed by atoms with Crippen LogP contribution < -0.4 is 4.90 Å². The summed E-state index contributed by atoms with van der Waals surface area (Å²) >= 11 is 0. The molecule has 2 rings (SSSR count). The fourth-order valence-electron chi connectivity index (χ4n) is 2.84. The van der Waals surface area contributed by atoms with Crippen molar-refractivity contribution in [3.63, 3.8) is 0 Å². The van der Waals surface area contributed by atoms with Gasteiger partial charge in [-0.2, -0.15) is 0 Å². The number of benzene rings is 1. The van der Waals surface area contributed by atoms with Gasteiger partial charge in [-0.25, -0.2) is 0 Å². The van der Waals surface area contributed by atoms with Gasteiger partial charge in [-0.1, -0.05) is 32.0 Å². The molecule has 3 atom stereocenters. The zero-order valence-corrected chi connectivity index (χ0v) is 11.2. The van der Waals surface area contributed by atoms with E-state index in [0.29, 0.717) is 12.3 Å². The molecule has 1 heterocycles. The average molecular weight is 249 g/mol. The molecule has 2 unspecified atom stereocenters. The summed E-state index contributed by atoms with van der Waals surface area (Å²) in [5.41, 5.74) is 2.06. The molecule has 0 radical (unpaired) electrons. The molecule has 1 fully saturated rings. The van der Waals surface area contributed by atoms with Crippen LogP contribution in [0.15, 0.2) is 24.3 Å². The van der Waals surface area contributed by atoms with E-state index in [1.807, 2.05) is 25.1 Å². The Labute approximate surface area is 109 Å². The molecular formula is C15H23NO2. The number of aliphatic hydroxyl groups excluding tert-OH is 2. The lowest BCUT2D eigenvalue weighted by Crippen LogP contribution is -2.35. The Hall–Kier alpha value is -1.06. The predicted octanol–water partition coefficient (Wildman–Crippen LogP) is 2.34. The number of anilines is 1. The van der Waals surface area contributed by atoms with Crippen LogP contribution in [0.5, 0.6) is 0 Å². The van der Waals surface area contributed by atoms with Crippen molar-refractivity contribution in [2.45, 2.75) is 38.8 Å². The molecule has 18 heavy (non-hydrogen) atoms. The monoisotopic (exact) mass is 249 g/mol. The van der Waals surface area contributed by atoms with Gasteiger partial charge < -0.3 is 15.1 Å². The maximum atomic E-state index is 10.1. The fraction of sp³-hybridized carbons (Fsp3) is 0.600. The Bertz CT molecular complexity index is 394. The highest BCUT2D eigenvalue weighted by Gasteiger charge is 2.32. The van der Waals surface area contributed by atoms with E-state index in [9.17, 15) is 10.2 Å². The SMILES string of the molecule is CC[C@@H](O)c1ccccc1N1CCC(C)C1CO. The number of hydrogen-bond donors (Lipinski definition) is 2. The van der Waals surface area contributed by atoms with E-state index in [-0.39, 0.29) is 12.6 Å². The fourth-order valence-corrected chi connectivity index (χ4v) is 2.84. The maximum absolute atomic E-state index is 10.1. The highest BCUT2D eigenvalue weighted by molar-refractivity contribution is 5.56. The molecule has 0 spiro atoms. The Morgan fingerprint density at radius 3 is 2.78 bits per heavy atom. The van der Waals surface area contributed by atoms with Crippen molar-refractivity contribution in [1.82, 2.24) is 0 Å². The van der Waals surface area contributed by atoms with Crippen LogP contribution in [0.2, 0.25) is 0 Å². The highest BCUT2D eigenvalue weighted by atomic mass is 16.3. The van der Waals surface area contributed by atoms with Crippen molar-refractivity contribution in [1.29, 1.82) is 0 Å². The van der Waals surface area contributed by atoms with Crippen molar-refractivity contribution in [3.8, 4) is 0 Å². The molecule has 0 aromatic heterocycles. The first-order valence-electron chi connectivity index (χ1n) is 6.83. The second-order valence-electron chi connectivity index (χ2n) is 5.19. The van der Waals surface area contributed by atoms with Crippen LogP contribution >= 0.6 is 0 Å². The first-order chi connectivity index (χ1) is 8.69. The number of nitrogens with zero attached hydrogens (tertiary/aromatic N) is 1. The van der Waals surface area contributed by atoms with E-state index >= 15 is 0 Å². The van der Waals surface area contributed by atoms with Crippen molar-refractivity contribution in [3.05, 3.63) is 29.8 Å². The van der Waals surface area contributed by atoms with Gasteiger partial charge in [0, 0.05) is 17.8 Å². The minimum Gasteiger partial charge on any atom is -0.394 e.